The number of amides is 2. The molecule has 1 aromatic carbocycles. The van der Waals surface area contributed by atoms with Gasteiger partial charge < -0.3 is 29.8 Å². The lowest BCUT2D eigenvalue weighted by Crippen LogP contribution is -2.48. The van der Waals surface area contributed by atoms with E-state index in [1.165, 1.54) is 0 Å². The SMILES string of the molecule is Cc1cc(C)c(CNC(=O)c2cc(Cl)c3c(c2C)O[C@@](C)(C2CCC(NC(=O)OC(C)(C)C)CC2)O3)c(=O)[nH]1. The van der Waals surface area contributed by atoms with E-state index < -0.39 is 17.5 Å². The van der Waals surface area contributed by atoms with Crippen LogP contribution in [0.5, 0.6) is 11.5 Å². The first-order chi connectivity index (χ1) is 18.2. The van der Waals surface area contributed by atoms with Crippen molar-refractivity contribution in [2.24, 2.45) is 5.92 Å². The fourth-order valence-electron chi connectivity index (χ4n) is 5.35. The lowest BCUT2D eigenvalue weighted by atomic mass is 9.81. The molecule has 10 heteroatoms. The van der Waals surface area contributed by atoms with Crippen LogP contribution >= 0.6 is 11.6 Å². The maximum Gasteiger partial charge on any atom is 0.407 e. The summed E-state index contributed by atoms with van der Waals surface area (Å²) in [6.07, 6.45) is 2.67. The van der Waals surface area contributed by atoms with Gasteiger partial charge in [-0.3, -0.25) is 9.59 Å². The lowest BCUT2D eigenvalue weighted by Gasteiger charge is -2.37. The minimum Gasteiger partial charge on any atom is -0.448 e. The van der Waals surface area contributed by atoms with Crippen LogP contribution in [0.1, 0.15) is 86.1 Å². The van der Waals surface area contributed by atoms with Gasteiger partial charge in [-0.2, -0.15) is 0 Å². The second-order valence-corrected chi connectivity index (χ2v) is 12.1. The maximum atomic E-state index is 13.1. The third kappa shape index (κ3) is 6.35. The Kier molecular flexibility index (Phi) is 7.94. The Hall–Kier alpha value is -3.20. The molecule has 1 aromatic heterocycles. The van der Waals surface area contributed by atoms with Crippen molar-refractivity contribution in [2.75, 3.05) is 0 Å². The number of aryl methyl sites for hydroxylation is 2. The first-order valence-electron chi connectivity index (χ1n) is 13.3. The monoisotopic (exact) mass is 559 g/mol. The van der Waals surface area contributed by atoms with Crippen LogP contribution in [0, 0.1) is 26.7 Å². The number of carbonyl (C=O) groups excluding carboxylic acids is 2. The molecule has 2 amide bonds. The molecule has 1 saturated carbocycles. The molecule has 2 aromatic rings. The summed E-state index contributed by atoms with van der Waals surface area (Å²) in [5, 5.41) is 6.08. The van der Waals surface area contributed by atoms with Crippen LogP contribution in [-0.4, -0.2) is 34.4 Å². The summed E-state index contributed by atoms with van der Waals surface area (Å²) >= 11 is 6.57. The molecule has 1 fully saturated rings. The smallest absolute Gasteiger partial charge is 0.407 e. The molecule has 39 heavy (non-hydrogen) atoms. The number of hydrogen-bond donors (Lipinski definition) is 3. The van der Waals surface area contributed by atoms with Crippen molar-refractivity contribution in [3.05, 3.63) is 55.5 Å². The maximum absolute atomic E-state index is 13.1. The third-order valence-electron chi connectivity index (χ3n) is 7.40. The van der Waals surface area contributed by atoms with Gasteiger partial charge in [0.1, 0.15) is 5.60 Å². The average Bonchev–Trinajstić information content (AvgIpc) is 3.19. The number of benzene rings is 1. The molecule has 9 nitrogen and oxygen atoms in total. The van der Waals surface area contributed by atoms with E-state index in [1.807, 2.05) is 47.6 Å². The molecular formula is C29H38ClN3O6. The van der Waals surface area contributed by atoms with Gasteiger partial charge in [0.2, 0.25) is 0 Å². The molecule has 3 N–H and O–H groups in total. The Morgan fingerprint density at radius 3 is 2.36 bits per heavy atom. The van der Waals surface area contributed by atoms with E-state index in [9.17, 15) is 14.4 Å². The van der Waals surface area contributed by atoms with E-state index in [4.69, 9.17) is 25.8 Å². The van der Waals surface area contributed by atoms with E-state index >= 15 is 0 Å². The van der Waals surface area contributed by atoms with E-state index in [-0.39, 0.29) is 35.0 Å². The number of ether oxygens (including phenoxy) is 3. The van der Waals surface area contributed by atoms with Crippen LogP contribution in [-0.2, 0) is 11.3 Å². The van der Waals surface area contributed by atoms with Crippen molar-refractivity contribution in [2.45, 2.75) is 98.1 Å². The molecule has 0 saturated heterocycles. The largest absolute Gasteiger partial charge is 0.448 e. The summed E-state index contributed by atoms with van der Waals surface area (Å²) in [5.74, 6) is -0.371. The Balaban J connectivity index is 1.42. The average molecular weight is 560 g/mol. The quantitative estimate of drug-likeness (QED) is 0.448. The van der Waals surface area contributed by atoms with Gasteiger partial charge in [0.25, 0.3) is 17.3 Å². The first-order valence-corrected chi connectivity index (χ1v) is 13.7. The van der Waals surface area contributed by atoms with Gasteiger partial charge in [-0.1, -0.05) is 11.6 Å². The minimum absolute atomic E-state index is 0.0218. The number of carbonyl (C=O) groups is 2. The second-order valence-electron chi connectivity index (χ2n) is 11.7. The highest BCUT2D eigenvalue weighted by Gasteiger charge is 2.47. The number of fused-ring (bicyclic) bond motifs is 1. The zero-order valence-electron chi connectivity index (χ0n) is 23.7. The molecule has 1 atom stereocenters. The molecule has 0 spiro atoms. The highest BCUT2D eigenvalue weighted by molar-refractivity contribution is 6.33. The summed E-state index contributed by atoms with van der Waals surface area (Å²) in [7, 11) is 0. The van der Waals surface area contributed by atoms with Gasteiger partial charge in [0.05, 0.1) is 5.02 Å². The van der Waals surface area contributed by atoms with Crippen molar-refractivity contribution in [1.82, 2.24) is 15.6 Å². The first kappa shape index (κ1) is 28.8. The standard InChI is InChI=1S/C29H38ClN3O6/c1-15-12-16(2)32-26(35)21(15)14-31-25(34)20-13-22(30)24-23(17(20)3)37-29(7,38-24)18-8-10-19(11-9-18)33-27(36)39-28(4,5)6/h12-13,18-19H,8-11,14H2,1-7H3,(H,31,34)(H,32,35)(H,33,36)/t18?,19?,29-/m1/s1. The number of hydrogen-bond acceptors (Lipinski definition) is 6. The van der Waals surface area contributed by atoms with Crippen LogP contribution in [0.25, 0.3) is 0 Å². The zero-order valence-corrected chi connectivity index (χ0v) is 24.4. The van der Waals surface area contributed by atoms with E-state index in [0.29, 0.717) is 28.2 Å². The number of halogens is 1. The fourth-order valence-corrected chi connectivity index (χ4v) is 5.58. The topological polar surface area (TPSA) is 119 Å². The van der Waals surface area contributed by atoms with Gasteiger partial charge in [0, 0.05) is 47.8 Å². The summed E-state index contributed by atoms with van der Waals surface area (Å²) < 4.78 is 18.1. The predicted octanol–water partition coefficient (Wildman–Crippen LogP) is 5.45. The summed E-state index contributed by atoms with van der Waals surface area (Å²) in [4.78, 5) is 40.4. The summed E-state index contributed by atoms with van der Waals surface area (Å²) in [6.45, 7) is 12.9. The molecule has 2 aliphatic rings. The zero-order chi connectivity index (χ0) is 28.7. The number of alkyl carbamates (subject to hydrolysis) is 1. The van der Waals surface area contributed by atoms with Gasteiger partial charge in [0.15, 0.2) is 11.5 Å². The van der Waals surface area contributed by atoms with E-state index in [0.717, 1.165) is 36.9 Å². The Morgan fingerprint density at radius 1 is 1.10 bits per heavy atom. The van der Waals surface area contributed by atoms with Gasteiger partial charge in [-0.25, -0.2) is 4.79 Å². The number of H-pyrrole nitrogens is 1. The molecule has 2 heterocycles. The summed E-state index contributed by atoms with van der Waals surface area (Å²) in [5.41, 5.74) is 2.28. The number of nitrogens with one attached hydrogen (secondary N) is 3. The second kappa shape index (κ2) is 10.8. The van der Waals surface area contributed by atoms with E-state index in [2.05, 4.69) is 15.6 Å². The van der Waals surface area contributed by atoms with Crippen LogP contribution in [0.2, 0.25) is 5.02 Å². The highest BCUT2D eigenvalue weighted by atomic mass is 35.5. The molecule has 0 bridgehead atoms. The van der Waals surface area contributed by atoms with Crippen LogP contribution in [0.3, 0.4) is 0 Å². The third-order valence-corrected chi connectivity index (χ3v) is 7.68. The van der Waals surface area contributed by atoms with Crippen LogP contribution in [0.15, 0.2) is 16.9 Å². The predicted molar refractivity (Wildman–Crippen MR) is 149 cm³/mol. The molecule has 0 radical (unpaired) electrons. The van der Waals surface area contributed by atoms with E-state index in [1.54, 1.807) is 13.0 Å². The van der Waals surface area contributed by atoms with Crippen molar-refractivity contribution in [3.8, 4) is 11.5 Å². The Bertz CT molecular complexity index is 1340. The molecular weight excluding hydrogens is 522 g/mol. The number of rotatable bonds is 5. The lowest BCUT2D eigenvalue weighted by molar-refractivity contribution is -0.121. The molecule has 0 unspecified atom stereocenters. The van der Waals surface area contributed by atoms with Gasteiger partial charge in [-0.05, 0) is 84.9 Å². The van der Waals surface area contributed by atoms with Crippen molar-refractivity contribution in [3.63, 3.8) is 0 Å². The van der Waals surface area contributed by atoms with Crippen molar-refractivity contribution in [1.29, 1.82) is 0 Å². The molecule has 4 rings (SSSR count). The normalized spacial score (nSPS) is 22.4. The van der Waals surface area contributed by atoms with Crippen LogP contribution in [0.4, 0.5) is 4.79 Å². The minimum atomic E-state index is -0.949. The molecule has 212 valence electrons. The highest BCUT2D eigenvalue weighted by Crippen LogP contribution is 2.51. The van der Waals surface area contributed by atoms with Gasteiger partial charge >= 0.3 is 6.09 Å². The summed E-state index contributed by atoms with van der Waals surface area (Å²) in [6, 6.07) is 3.47. The number of aromatic amines is 1. The molecule has 1 aliphatic carbocycles. The van der Waals surface area contributed by atoms with Crippen molar-refractivity contribution >= 4 is 23.6 Å². The van der Waals surface area contributed by atoms with Crippen LogP contribution < -0.4 is 25.7 Å². The Labute approximate surface area is 233 Å². The van der Waals surface area contributed by atoms with Crippen molar-refractivity contribution < 1.29 is 23.8 Å². The van der Waals surface area contributed by atoms with Gasteiger partial charge in [-0.15, -0.1) is 0 Å². The Morgan fingerprint density at radius 2 is 1.74 bits per heavy atom. The molecule has 1 aliphatic heterocycles. The fraction of sp³-hybridized carbons (Fsp3) is 0.552. The number of aromatic nitrogens is 1. The number of pyridine rings is 1.